The maximum absolute atomic E-state index is 13.1. The molecule has 1 rings (SSSR count). The Morgan fingerprint density at radius 1 is 1.07 bits per heavy atom. The van der Waals surface area contributed by atoms with Gasteiger partial charge in [0.25, 0.3) is 0 Å². The summed E-state index contributed by atoms with van der Waals surface area (Å²) in [6, 6.07) is 8.60. The van der Waals surface area contributed by atoms with Gasteiger partial charge in [0.05, 0.1) is 0 Å². The van der Waals surface area contributed by atoms with Gasteiger partial charge in [-0.2, -0.15) is 8.78 Å². The Morgan fingerprint density at radius 2 is 1.60 bits per heavy atom. The first-order valence-electron chi connectivity index (χ1n) is 3.95. The summed E-state index contributed by atoms with van der Waals surface area (Å²) in [6.45, 7) is 0. The van der Waals surface area contributed by atoms with Crippen LogP contribution in [0.4, 0.5) is 13.2 Å². The van der Waals surface area contributed by atoms with Crippen molar-refractivity contribution in [3.05, 3.63) is 35.9 Å². The van der Waals surface area contributed by atoms with Crippen molar-refractivity contribution in [2.75, 3.05) is 0 Å². The van der Waals surface area contributed by atoms with E-state index in [1.54, 1.807) is 30.3 Å². The molecule has 0 heterocycles. The predicted octanol–water partition coefficient (Wildman–Crippen LogP) is 4.61. The molecule has 0 aliphatic rings. The highest BCUT2D eigenvalue weighted by atomic mass is 35.5. The third kappa shape index (κ3) is 3.78. The maximum Gasteiger partial charge on any atom is 0.378 e. The lowest BCUT2D eigenvalue weighted by atomic mass is 10.2. The Morgan fingerprint density at radius 3 is 2.07 bits per heavy atom. The van der Waals surface area contributed by atoms with Crippen LogP contribution in [0, 0.1) is 0 Å². The van der Waals surface area contributed by atoms with Crippen LogP contribution in [0.25, 0.3) is 0 Å². The molecule has 0 saturated carbocycles. The van der Waals surface area contributed by atoms with Gasteiger partial charge in [-0.1, -0.05) is 53.7 Å². The average Bonchev–Trinajstić information content (AvgIpc) is 2.15. The highest BCUT2D eigenvalue weighted by molar-refractivity contribution is 8.01. The number of rotatable bonds is 4. The minimum atomic E-state index is -4.09. The monoisotopic (exact) mass is 274 g/mol. The number of hydrogen-bond acceptors (Lipinski definition) is 1. The lowest BCUT2D eigenvalue weighted by Crippen LogP contribution is -2.30. The lowest BCUT2D eigenvalue weighted by molar-refractivity contribution is 0.0281. The first kappa shape index (κ1) is 13.0. The fourth-order valence-electron chi connectivity index (χ4n) is 0.830. The van der Waals surface area contributed by atoms with Gasteiger partial charge in [0.2, 0.25) is 0 Å². The minimum Gasteiger partial charge on any atom is -0.205 e. The average molecular weight is 275 g/mol. The molecule has 6 heteroatoms. The summed E-state index contributed by atoms with van der Waals surface area (Å²) in [7, 11) is 0. The first-order chi connectivity index (χ1) is 6.83. The van der Waals surface area contributed by atoms with Gasteiger partial charge in [0, 0.05) is 5.75 Å². The fourth-order valence-corrected chi connectivity index (χ4v) is 1.86. The number of thioether (sulfide) groups is 1. The van der Waals surface area contributed by atoms with Gasteiger partial charge in [0.15, 0.2) is 0 Å². The van der Waals surface area contributed by atoms with E-state index >= 15 is 0 Å². The van der Waals surface area contributed by atoms with Crippen molar-refractivity contribution >= 4 is 35.0 Å². The Labute approximate surface area is 99.8 Å². The molecule has 0 N–H and O–H groups in total. The maximum atomic E-state index is 13.1. The summed E-state index contributed by atoms with van der Waals surface area (Å²) in [5.41, 5.74) is 0.700. The number of halogens is 5. The number of hydrogen-bond donors (Lipinski definition) is 0. The van der Waals surface area contributed by atoms with Crippen molar-refractivity contribution in [1.82, 2.24) is 0 Å². The van der Waals surface area contributed by atoms with Gasteiger partial charge in [-0.15, -0.1) is 0 Å². The standard InChI is InChI=1S/C9H7Cl2F3S/c10-8(12,13)9(11,14)15-6-7-4-2-1-3-5-7/h1-5H,6H2. The molecule has 84 valence electrons. The van der Waals surface area contributed by atoms with Crippen LogP contribution in [-0.4, -0.2) is 9.84 Å². The second kappa shape index (κ2) is 4.85. The van der Waals surface area contributed by atoms with Crippen LogP contribution in [0.15, 0.2) is 30.3 Å². The van der Waals surface area contributed by atoms with Gasteiger partial charge in [0.1, 0.15) is 0 Å². The smallest absolute Gasteiger partial charge is 0.205 e. The van der Waals surface area contributed by atoms with Crippen molar-refractivity contribution in [1.29, 1.82) is 0 Å². The van der Waals surface area contributed by atoms with E-state index in [4.69, 9.17) is 11.6 Å². The SMILES string of the molecule is FC(F)(Cl)C(F)(Cl)SCc1ccccc1. The van der Waals surface area contributed by atoms with E-state index in [1.165, 1.54) is 0 Å². The fraction of sp³-hybridized carbons (Fsp3) is 0.333. The molecule has 0 aromatic heterocycles. The molecule has 0 amide bonds. The van der Waals surface area contributed by atoms with E-state index < -0.39 is 9.84 Å². The van der Waals surface area contributed by atoms with Gasteiger partial charge in [-0.25, -0.2) is 4.39 Å². The molecule has 0 nitrogen and oxygen atoms in total. The van der Waals surface area contributed by atoms with Crippen molar-refractivity contribution in [3.8, 4) is 0 Å². The summed E-state index contributed by atoms with van der Waals surface area (Å²) in [5, 5.41) is -4.09. The van der Waals surface area contributed by atoms with Crippen LogP contribution in [0.5, 0.6) is 0 Å². The zero-order valence-electron chi connectivity index (χ0n) is 7.39. The van der Waals surface area contributed by atoms with Crippen LogP contribution >= 0.6 is 35.0 Å². The second-order valence-corrected chi connectivity index (χ2v) is 5.15. The normalized spacial score (nSPS) is 16.1. The van der Waals surface area contributed by atoms with E-state index in [0.29, 0.717) is 5.56 Å². The van der Waals surface area contributed by atoms with E-state index in [1.807, 2.05) is 0 Å². The Kier molecular flexibility index (Phi) is 4.20. The molecule has 1 aromatic carbocycles. The van der Waals surface area contributed by atoms with E-state index in [9.17, 15) is 13.2 Å². The largest absolute Gasteiger partial charge is 0.378 e. The molecule has 0 fully saturated rings. The van der Waals surface area contributed by atoms with E-state index in [2.05, 4.69) is 11.6 Å². The minimum absolute atomic E-state index is 0.0309. The Hall–Kier alpha value is -0.0600. The van der Waals surface area contributed by atoms with Gasteiger partial charge in [-0.05, 0) is 17.2 Å². The van der Waals surface area contributed by atoms with Gasteiger partial charge >= 0.3 is 9.84 Å². The Bertz CT molecular complexity index is 311. The molecule has 0 saturated heterocycles. The quantitative estimate of drug-likeness (QED) is 0.723. The number of alkyl halides is 5. The zero-order valence-corrected chi connectivity index (χ0v) is 9.72. The zero-order chi connectivity index (χ0) is 11.5. The third-order valence-corrected chi connectivity index (χ3v) is 3.72. The third-order valence-electron chi connectivity index (χ3n) is 1.59. The van der Waals surface area contributed by atoms with Gasteiger partial charge in [-0.3, -0.25) is 0 Å². The van der Waals surface area contributed by atoms with Crippen molar-refractivity contribution in [2.45, 2.75) is 15.6 Å². The lowest BCUT2D eigenvalue weighted by Gasteiger charge is -2.21. The van der Waals surface area contributed by atoms with Crippen LogP contribution in [0.2, 0.25) is 0 Å². The molecule has 0 spiro atoms. The Balaban J connectivity index is 2.58. The molecule has 1 unspecified atom stereocenters. The summed E-state index contributed by atoms with van der Waals surface area (Å²) in [5.74, 6) is 0.0309. The molecule has 1 aromatic rings. The molecule has 0 aliphatic heterocycles. The summed E-state index contributed by atoms with van der Waals surface area (Å²) in [4.78, 5) is 0. The van der Waals surface area contributed by atoms with Crippen LogP contribution in [0.1, 0.15) is 5.56 Å². The number of benzene rings is 1. The summed E-state index contributed by atoms with van der Waals surface area (Å²) in [6.07, 6.45) is 0. The van der Waals surface area contributed by atoms with Crippen molar-refractivity contribution < 1.29 is 13.2 Å². The van der Waals surface area contributed by atoms with Crippen molar-refractivity contribution in [2.24, 2.45) is 0 Å². The predicted molar refractivity (Wildman–Crippen MR) is 58.2 cm³/mol. The molecular formula is C9H7Cl2F3S. The first-order valence-corrected chi connectivity index (χ1v) is 5.69. The van der Waals surface area contributed by atoms with Crippen LogP contribution in [-0.2, 0) is 5.75 Å². The summed E-state index contributed by atoms with van der Waals surface area (Å²) < 4.78 is 34.7. The highest BCUT2D eigenvalue weighted by Crippen LogP contribution is 2.48. The molecule has 0 bridgehead atoms. The van der Waals surface area contributed by atoms with Crippen LogP contribution in [0.3, 0.4) is 0 Å². The molecule has 0 aliphatic carbocycles. The highest BCUT2D eigenvalue weighted by Gasteiger charge is 2.53. The molecule has 1 atom stereocenters. The van der Waals surface area contributed by atoms with Gasteiger partial charge < -0.3 is 0 Å². The topological polar surface area (TPSA) is 0 Å². The van der Waals surface area contributed by atoms with Crippen molar-refractivity contribution in [3.63, 3.8) is 0 Å². The second-order valence-electron chi connectivity index (χ2n) is 2.79. The summed E-state index contributed by atoms with van der Waals surface area (Å²) >= 11 is 9.76. The molecular weight excluding hydrogens is 268 g/mol. The van der Waals surface area contributed by atoms with E-state index in [-0.39, 0.29) is 17.5 Å². The van der Waals surface area contributed by atoms with E-state index in [0.717, 1.165) is 0 Å². The molecule has 0 radical (unpaired) electrons. The van der Waals surface area contributed by atoms with Crippen LogP contribution < -0.4 is 0 Å². The molecule has 15 heavy (non-hydrogen) atoms.